The van der Waals surface area contributed by atoms with Gasteiger partial charge in [-0.25, -0.2) is 8.42 Å². The van der Waals surface area contributed by atoms with Gasteiger partial charge in [-0.2, -0.15) is 9.40 Å². The Hall–Kier alpha value is -0.880. The van der Waals surface area contributed by atoms with Crippen molar-refractivity contribution in [1.82, 2.24) is 14.1 Å². The Morgan fingerprint density at radius 3 is 2.05 bits per heavy atom. The molecule has 0 aliphatic carbocycles. The van der Waals surface area contributed by atoms with Crippen molar-refractivity contribution in [3.8, 4) is 0 Å². The fourth-order valence-electron chi connectivity index (χ4n) is 2.21. The second-order valence-corrected chi connectivity index (χ2v) is 6.91. The van der Waals surface area contributed by atoms with E-state index in [0.29, 0.717) is 10.6 Å². The number of aromatic nitrogens is 2. The van der Waals surface area contributed by atoms with E-state index < -0.39 is 10.0 Å². The highest BCUT2D eigenvalue weighted by Crippen LogP contribution is 2.25. The van der Waals surface area contributed by atoms with E-state index in [1.54, 1.807) is 29.2 Å². The molecule has 0 aromatic carbocycles. The fourth-order valence-corrected chi connectivity index (χ4v) is 4.39. The van der Waals surface area contributed by atoms with E-state index in [1.165, 1.54) is 0 Å². The van der Waals surface area contributed by atoms with Crippen molar-refractivity contribution in [2.24, 2.45) is 7.05 Å². The molecule has 1 rings (SSSR count). The molecule has 0 amide bonds. The number of hydrogen-bond donors (Lipinski definition) is 0. The predicted molar refractivity (Wildman–Crippen MR) is 76.5 cm³/mol. The molecular weight excluding hydrogens is 262 g/mol. The molecule has 0 fully saturated rings. The van der Waals surface area contributed by atoms with E-state index in [4.69, 9.17) is 0 Å². The van der Waals surface area contributed by atoms with Crippen LogP contribution in [0.3, 0.4) is 0 Å². The van der Waals surface area contributed by atoms with Crippen LogP contribution in [0.4, 0.5) is 0 Å². The zero-order valence-electron chi connectivity index (χ0n) is 12.7. The molecule has 0 N–H and O–H groups in total. The minimum Gasteiger partial charge on any atom is -0.274 e. The summed E-state index contributed by atoms with van der Waals surface area (Å²) in [5, 5.41) is 4.14. The largest absolute Gasteiger partial charge is 0.274 e. The minimum absolute atomic E-state index is 0.0143. The van der Waals surface area contributed by atoms with Crippen LogP contribution in [0.1, 0.15) is 46.2 Å². The second kappa shape index (κ2) is 6.05. The fraction of sp³-hybridized carbons (Fsp3) is 0.769. The summed E-state index contributed by atoms with van der Waals surface area (Å²) in [5.74, 6) is 0. The molecule has 19 heavy (non-hydrogen) atoms. The maximum atomic E-state index is 12.8. The van der Waals surface area contributed by atoms with Gasteiger partial charge in [0.1, 0.15) is 4.90 Å². The van der Waals surface area contributed by atoms with Gasteiger partial charge >= 0.3 is 0 Å². The van der Waals surface area contributed by atoms with Crippen LogP contribution in [0.25, 0.3) is 0 Å². The number of sulfonamides is 1. The topological polar surface area (TPSA) is 55.2 Å². The van der Waals surface area contributed by atoms with Crippen LogP contribution < -0.4 is 0 Å². The summed E-state index contributed by atoms with van der Waals surface area (Å²) in [5.41, 5.74) is 0.555. The SMILES string of the molecule is CCC(C)N(C(C)CC)S(=O)(=O)c1cn(C)nc1C. The van der Waals surface area contributed by atoms with Crippen molar-refractivity contribution in [2.75, 3.05) is 0 Å². The molecular formula is C13H25N3O2S. The standard InChI is InChI=1S/C13H25N3O2S/c1-7-10(3)16(11(4)8-2)19(17,18)13-9-15(6)14-12(13)5/h9-11H,7-8H2,1-6H3. The third-order valence-corrected chi connectivity index (χ3v) is 5.81. The molecule has 110 valence electrons. The number of rotatable bonds is 6. The van der Waals surface area contributed by atoms with Crippen LogP contribution in [0.2, 0.25) is 0 Å². The lowest BCUT2D eigenvalue weighted by Gasteiger charge is -2.32. The first-order valence-electron chi connectivity index (χ1n) is 6.79. The minimum atomic E-state index is -3.48. The van der Waals surface area contributed by atoms with Crippen LogP contribution in [-0.2, 0) is 17.1 Å². The van der Waals surface area contributed by atoms with Crippen molar-refractivity contribution in [2.45, 2.75) is 64.4 Å². The lowest BCUT2D eigenvalue weighted by molar-refractivity contribution is 0.262. The average molecular weight is 287 g/mol. The summed E-state index contributed by atoms with van der Waals surface area (Å²) < 4.78 is 28.9. The Bertz CT molecular complexity index is 512. The lowest BCUT2D eigenvalue weighted by atomic mass is 10.2. The molecule has 0 saturated carbocycles. The van der Waals surface area contributed by atoms with Gasteiger partial charge in [-0.05, 0) is 33.6 Å². The zero-order valence-corrected chi connectivity index (χ0v) is 13.5. The van der Waals surface area contributed by atoms with E-state index in [1.807, 2.05) is 27.7 Å². The van der Waals surface area contributed by atoms with Crippen LogP contribution in [-0.4, -0.2) is 34.6 Å². The molecule has 1 aromatic heterocycles. The smallest absolute Gasteiger partial charge is 0.246 e. The van der Waals surface area contributed by atoms with Crippen LogP contribution in [0.15, 0.2) is 11.1 Å². The Balaban J connectivity index is 3.31. The van der Waals surface area contributed by atoms with Crippen LogP contribution >= 0.6 is 0 Å². The molecule has 0 aliphatic heterocycles. The molecule has 1 heterocycles. The molecule has 0 bridgehead atoms. The Labute approximate surface area is 116 Å². The van der Waals surface area contributed by atoms with E-state index in [0.717, 1.165) is 12.8 Å². The summed E-state index contributed by atoms with van der Waals surface area (Å²) in [7, 11) is -1.74. The van der Waals surface area contributed by atoms with Gasteiger partial charge in [0.25, 0.3) is 0 Å². The van der Waals surface area contributed by atoms with E-state index in [2.05, 4.69) is 5.10 Å². The number of aryl methyl sites for hydroxylation is 2. The predicted octanol–water partition coefficient (Wildman–Crippen LogP) is 2.32. The third kappa shape index (κ3) is 3.17. The molecule has 0 aliphatic rings. The highest BCUT2D eigenvalue weighted by atomic mass is 32.2. The normalized spacial score (nSPS) is 15.7. The number of hydrogen-bond acceptors (Lipinski definition) is 3. The summed E-state index contributed by atoms with van der Waals surface area (Å²) in [6, 6.07) is -0.0286. The van der Waals surface area contributed by atoms with Crippen LogP contribution in [0, 0.1) is 6.92 Å². The molecule has 2 atom stereocenters. The second-order valence-electron chi connectivity index (χ2n) is 5.10. The van der Waals surface area contributed by atoms with Gasteiger partial charge in [-0.15, -0.1) is 0 Å². The van der Waals surface area contributed by atoms with Gasteiger partial charge in [0.2, 0.25) is 10.0 Å². The summed E-state index contributed by atoms with van der Waals surface area (Å²) in [6.45, 7) is 9.65. The molecule has 0 radical (unpaired) electrons. The van der Waals surface area contributed by atoms with Crippen molar-refractivity contribution in [3.63, 3.8) is 0 Å². The van der Waals surface area contributed by atoms with Gasteiger partial charge in [0.15, 0.2) is 0 Å². The van der Waals surface area contributed by atoms with Gasteiger partial charge < -0.3 is 0 Å². The van der Waals surface area contributed by atoms with Crippen LogP contribution in [0.5, 0.6) is 0 Å². The quantitative estimate of drug-likeness (QED) is 0.807. The van der Waals surface area contributed by atoms with E-state index in [9.17, 15) is 8.42 Å². The van der Waals surface area contributed by atoms with E-state index in [-0.39, 0.29) is 12.1 Å². The number of nitrogens with zero attached hydrogens (tertiary/aromatic N) is 3. The molecule has 1 aromatic rings. The molecule has 0 spiro atoms. The maximum absolute atomic E-state index is 12.8. The average Bonchev–Trinajstić information content (AvgIpc) is 2.68. The Morgan fingerprint density at radius 1 is 1.26 bits per heavy atom. The molecule has 0 saturated heterocycles. The van der Waals surface area contributed by atoms with Crippen molar-refractivity contribution < 1.29 is 8.42 Å². The maximum Gasteiger partial charge on any atom is 0.246 e. The third-order valence-electron chi connectivity index (χ3n) is 3.57. The first-order chi connectivity index (χ1) is 8.75. The van der Waals surface area contributed by atoms with Gasteiger partial charge in [0.05, 0.1) is 5.69 Å². The first kappa shape index (κ1) is 16.2. The van der Waals surface area contributed by atoms with E-state index >= 15 is 0 Å². The van der Waals surface area contributed by atoms with Gasteiger partial charge in [-0.1, -0.05) is 13.8 Å². The summed E-state index contributed by atoms with van der Waals surface area (Å²) >= 11 is 0. The Morgan fingerprint density at radius 2 is 1.74 bits per heavy atom. The van der Waals surface area contributed by atoms with Gasteiger partial charge in [-0.3, -0.25) is 4.68 Å². The summed E-state index contributed by atoms with van der Waals surface area (Å²) in [4.78, 5) is 0.315. The molecule has 6 heteroatoms. The highest BCUT2D eigenvalue weighted by molar-refractivity contribution is 7.89. The monoisotopic (exact) mass is 287 g/mol. The molecule has 5 nitrogen and oxygen atoms in total. The summed E-state index contributed by atoms with van der Waals surface area (Å²) in [6.07, 6.45) is 3.17. The van der Waals surface area contributed by atoms with Crippen molar-refractivity contribution in [3.05, 3.63) is 11.9 Å². The first-order valence-corrected chi connectivity index (χ1v) is 8.23. The Kier molecular flexibility index (Phi) is 5.15. The van der Waals surface area contributed by atoms with Crippen molar-refractivity contribution in [1.29, 1.82) is 0 Å². The lowest BCUT2D eigenvalue weighted by Crippen LogP contribution is -2.44. The van der Waals surface area contributed by atoms with Gasteiger partial charge in [0, 0.05) is 25.3 Å². The zero-order chi connectivity index (χ0) is 14.8. The molecule has 2 unspecified atom stereocenters. The van der Waals surface area contributed by atoms with Crippen molar-refractivity contribution >= 4 is 10.0 Å². The highest BCUT2D eigenvalue weighted by Gasteiger charge is 2.33.